The van der Waals surface area contributed by atoms with Crippen LogP contribution >= 0.6 is 0 Å². The highest BCUT2D eigenvalue weighted by atomic mass is 16.2. The number of nitrogens with zero attached hydrogens (tertiary/aromatic N) is 3. The molecule has 120 valence electrons. The molecule has 21 heavy (non-hydrogen) atoms. The van der Waals surface area contributed by atoms with Gasteiger partial charge in [-0.15, -0.1) is 0 Å². The molecule has 0 bridgehead atoms. The van der Waals surface area contributed by atoms with Gasteiger partial charge in [-0.25, -0.2) is 0 Å². The summed E-state index contributed by atoms with van der Waals surface area (Å²) < 4.78 is 0. The fraction of sp³-hybridized carbons (Fsp3) is 0.875. The molecule has 0 atom stereocenters. The number of aliphatic imine (C=N–C) groups is 1. The van der Waals surface area contributed by atoms with Crippen LogP contribution in [0.25, 0.3) is 0 Å². The lowest BCUT2D eigenvalue weighted by Gasteiger charge is -2.49. The van der Waals surface area contributed by atoms with E-state index in [1.807, 2.05) is 4.90 Å². The molecule has 2 fully saturated rings. The molecule has 1 heterocycles. The van der Waals surface area contributed by atoms with Crippen LogP contribution in [0.2, 0.25) is 0 Å². The second kappa shape index (κ2) is 6.24. The zero-order valence-electron chi connectivity index (χ0n) is 14.1. The molecule has 2 rings (SSSR count). The van der Waals surface area contributed by atoms with Gasteiger partial charge in [0.1, 0.15) is 0 Å². The van der Waals surface area contributed by atoms with Gasteiger partial charge in [-0.2, -0.15) is 0 Å². The van der Waals surface area contributed by atoms with Crippen LogP contribution in [0.4, 0.5) is 0 Å². The first-order chi connectivity index (χ1) is 9.85. The standard InChI is InChI=1S/C16H30N4O/c1-6-17-15(18-9-13-7-8-13)19-10-14(21)20(12(2)3)16(4,5)11-19/h12-13H,6-11H2,1-5H3,(H,17,18). The molecular weight excluding hydrogens is 264 g/mol. The Kier molecular flexibility index (Phi) is 4.79. The van der Waals surface area contributed by atoms with Crippen molar-refractivity contribution < 1.29 is 4.79 Å². The second-order valence-corrected chi connectivity index (χ2v) is 7.16. The van der Waals surface area contributed by atoms with Crippen molar-refractivity contribution in [2.75, 3.05) is 26.2 Å². The van der Waals surface area contributed by atoms with Gasteiger partial charge in [0.25, 0.3) is 0 Å². The van der Waals surface area contributed by atoms with E-state index >= 15 is 0 Å². The number of rotatable bonds is 4. The molecule has 1 saturated carbocycles. The highest BCUT2D eigenvalue weighted by molar-refractivity contribution is 5.88. The number of carbonyl (C=O) groups excluding carboxylic acids is 1. The molecular formula is C16H30N4O. The molecule has 1 N–H and O–H groups in total. The summed E-state index contributed by atoms with van der Waals surface area (Å²) in [5.41, 5.74) is -0.167. The fourth-order valence-corrected chi connectivity index (χ4v) is 3.25. The molecule has 1 amide bonds. The van der Waals surface area contributed by atoms with Gasteiger partial charge in [-0.3, -0.25) is 9.79 Å². The maximum absolute atomic E-state index is 12.5. The highest BCUT2D eigenvalue weighted by Crippen LogP contribution is 2.29. The Morgan fingerprint density at radius 1 is 1.43 bits per heavy atom. The third-order valence-electron chi connectivity index (χ3n) is 4.17. The Bertz CT molecular complexity index is 413. The van der Waals surface area contributed by atoms with Crippen LogP contribution < -0.4 is 5.32 Å². The van der Waals surface area contributed by atoms with Gasteiger partial charge in [0.05, 0.1) is 12.1 Å². The minimum atomic E-state index is -0.167. The molecule has 5 nitrogen and oxygen atoms in total. The van der Waals surface area contributed by atoms with E-state index < -0.39 is 0 Å². The summed E-state index contributed by atoms with van der Waals surface area (Å²) in [5.74, 6) is 1.85. The van der Waals surface area contributed by atoms with Crippen LogP contribution in [0, 0.1) is 5.92 Å². The molecule has 1 aliphatic carbocycles. The number of hydrogen-bond donors (Lipinski definition) is 1. The molecule has 2 aliphatic rings. The average Bonchev–Trinajstić information content (AvgIpc) is 3.15. The minimum absolute atomic E-state index is 0.167. The molecule has 0 aromatic rings. The largest absolute Gasteiger partial charge is 0.357 e. The van der Waals surface area contributed by atoms with Crippen molar-refractivity contribution in [3.8, 4) is 0 Å². The Morgan fingerprint density at radius 3 is 2.57 bits per heavy atom. The van der Waals surface area contributed by atoms with E-state index in [0.29, 0.717) is 6.54 Å². The van der Waals surface area contributed by atoms with Gasteiger partial charge in [0, 0.05) is 25.7 Å². The molecule has 0 unspecified atom stereocenters. The summed E-state index contributed by atoms with van der Waals surface area (Å²) in [6.45, 7) is 13.5. The van der Waals surface area contributed by atoms with Gasteiger partial charge in [-0.1, -0.05) is 0 Å². The number of amides is 1. The predicted octanol–water partition coefficient (Wildman–Crippen LogP) is 1.69. The van der Waals surface area contributed by atoms with Crippen LogP contribution in [0.5, 0.6) is 0 Å². The van der Waals surface area contributed by atoms with Crippen LogP contribution in [-0.2, 0) is 4.79 Å². The van der Waals surface area contributed by atoms with E-state index in [4.69, 9.17) is 4.99 Å². The lowest BCUT2D eigenvalue weighted by atomic mass is 9.96. The van der Waals surface area contributed by atoms with Gasteiger partial charge in [0.15, 0.2) is 5.96 Å². The second-order valence-electron chi connectivity index (χ2n) is 7.16. The predicted molar refractivity (Wildman–Crippen MR) is 86.3 cm³/mol. The molecule has 1 aliphatic heterocycles. The summed E-state index contributed by atoms with van der Waals surface area (Å²) in [6.07, 6.45) is 2.60. The average molecular weight is 294 g/mol. The van der Waals surface area contributed by atoms with Crippen molar-refractivity contribution in [1.82, 2.24) is 15.1 Å². The number of piperazine rings is 1. The Balaban J connectivity index is 2.11. The third-order valence-corrected chi connectivity index (χ3v) is 4.17. The van der Waals surface area contributed by atoms with Crippen LogP contribution in [0.1, 0.15) is 47.5 Å². The SMILES string of the molecule is CCNC(=NCC1CC1)N1CC(=O)N(C(C)C)C(C)(C)C1. The zero-order valence-corrected chi connectivity index (χ0v) is 14.1. The number of hydrogen-bond acceptors (Lipinski definition) is 2. The van der Waals surface area contributed by atoms with Crippen molar-refractivity contribution >= 4 is 11.9 Å². The van der Waals surface area contributed by atoms with E-state index in [9.17, 15) is 4.79 Å². The fourth-order valence-electron chi connectivity index (χ4n) is 3.25. The molecule has 0 radical (unpaired) electrons. The summed E-state index contributed by atoms with van der Waals surface area (Å²) in [7, 11) is 0. The summed E-state index contributed by atoms with van der Waals surface area (Å²) in [5, 5.41) is 3.34. The summed E-state index contributed by atoms with van der Waals surface area (Å²) >= 11 is 0. The van der Waals surface area contributed by atoms with Gasteiger partial charge < -0.3 is 15.1 Å². The van der Waals surface area contributed by atoms with Gasteiger partial charge >= 0.3 is 0 Å². The van der Waals surface area contributed by atoms with E-state index in [1.165, 1.54) is 12.8 Å². The first kappa shape index (κ1) is 16.1. The van der Waals surface area contributed by atoms with Crippen LogP contribution in [0.15, 0.2) is 4.99 Å². The third kappa shape index (κ3) is 3.89. The molecule has 0 aromatic carbocycles. The van der Waals surface area contributed by atoms with Crippen LogP contribution in [0.3, 0.4) is 0 Å². The first-order valence-corrected chi connectivity index (χ1v) is 8.20. The normalized spacial score (nSPS) is 23.0. The lowest BCUT2D eigenvalue weighted by Crippen LogP contribution is -2.66. The summed E-state index contributed by atoms with van der Waals surface area (Å²) in [4.78, 5) is 21.4. The van der Waals surface area contributed by atoms with Crippen molar-refractivity contribution in [3.63, 3.8) is 0 Å². The van der Waals surface area contributed by atoms with Crippen molar-refractivity contribution in [3.05, 3.63) is 0 Å². The quantitative estimate of drug-likeness (QED) is 0.634. The Hall–Kier alpha value is -1.26. The van der Waals surface area contributed by atoms with Crippen molar-refractivity contribution in [1.29, 1.82) is 0 Å². The Labute approximate surface area is 128 Å². The number of guanidine groups is 1. The minimum Gasteiger partial charge on any atom is -0.357 e. The number of carbonyl (C=O) groups is 1. The smallest absolute Gasteiger partial charge is 0.242 e. The zero-order chi connectivity index (χ0) is 15.6. The lowest BCUT2D eigenvalue weighted by molar-refractivity contribution is -0.145. The summed E-state index contributed by atoms with van der Waals surface area (Å²) in [6, 6.07) is 0.237. The van der Waals surface area contributed by atoms with E-state index in [1.54, 1.807) is 0 Å². The van der Waals surface area contributed by atoms with Crippen LogP contribution in [-0.4, -0.2) is 59.4 Å². The molecule has 0 spiro atoms. The van der Waals surface area contributed by atoms with E-state index in [-0.39, 0.29) is 17.5 Å². The maximum atomic E-state index is 12.5. The molecule has 5 heteroatoms. The van der Waals surface area contributed by atoms with Crippen molar-refractivity contribution in [2.45, 2.75) is 59.0 Å². The number of nitrogens with one attached hydrogen (secondary N) is 1. The Morgan fingerprint density at radius 2 is 2.10 bits per heavy atom. The molecule has 0 aromatic heterocycles. The van der Waals surface area contributed by atoms with E-state index in [0.717, 1.165) is 31.5 Å². The van der Waals surface area contributed by atoms with Gasteiger partial charge in [0.2, 0.25) is 5.91 Å². The van der Waals surface area contributed by atoms with Gasteiger partial charge in [-0.05, 0) is 53.4 Å². The van der Waals surface area contributed by atoms with Crippen molar-refractivity contribution in [2.24, 2.45) is 10.9 Å². The monoisotopic (exact) mass is 294 g/mol. The molecule has 1 saturated heterocycles. The maximum Gasteiger partial charge on any atom is 0.242 e. The first-order valence-electron chi connectivity index (χ1n) is 8.20. The highest BCUT2D eigenvalue weighted by Gasteiger charge is 2.40. The topological polar surface area (TPSA) is 47.9 Å². The van der Waals surface area contributed by atoms with E-state index in [2.05, 4.69) is 44.8 Å².